The zero-order chi connectivity index (χ0) is 11.4. The predicted molar refractivity (Wildman–Crippen MR) is 58.8 cm³/mol. The summed E-state index contributed by atoms with van der Waals surface area (Å²) in [4.78, 5) is 9.99. The average Bonchev–Trinajstić information content (AvgIpc) is 2.63. The Hall–Kier alpha value is -1.91. The third-order valence-electron chi connectivity index (χ3n) is 1.94. The summed E-state index contributed by atoms with van der Waals surface area (Å²) in [5.74, 6) is 0. The molecule has 80 valence electrons. The van der Waals surface area contributed by atoms with Gasteiger partial charge in [-0.15, -0.1) is 0 Å². The number of hydrogen-bond donors (Lipinski definition) is 1. The van der Waals surface area contributed by atoms with Gasteiger partial charge in [0.2, 0.25) is 0 Å². The first-order valence-electron chi connectivity index (χ1n) is 4.77. The van der Waals surface area contributed by atoms with Crippen molar-refractivity contribution in [3.05, 3.63) is 34.0 Å². The van der Waals surface area contributed by atoms with E-state index >= 15 is 0 Å². The van der Waals surface area contributed by atoms with Crippen LogP contribution in [0, 0.1) is 17.0 Å². The Morgan fingerprint density at radius 2 is 2.07 bits per heavy atom. The maximum absolute atomic E-state index is 10.4. The molecule has 0 aliphatic heterocycles. The Morgan fingerprint density at radius 1 is 1.40 bits per heavy atom. The number of aromatic amines is 1. The number of nitrogens with one attached hydrogen (secondary N) is 1. The topological polar surface area (TPSA) is 71.8 Å². The molecule has 0 amide bonds. The highest BCUT2D eigenvalue weighted by Gasteiger charge is 2.08. The van der Waals surface area contributed by atoms with Gasteiger partial charge in [0.05, 0.1) is 10.4 Å². The van der Waals surface area contributed by atoms with Crippen LogP contribution in [0.4, 0.5) is 5.69 Å². The second kappa shape index (κ2) is 4.54. The second-order valence-electron chi connectivity index (χ2n) is 2.81. The van der Waals surface area contributed by atoms with Gasteiger partial charge in [0.1, 0.15) is 0 Å². The van der Waals surface area contributed by atoms with E-state index in [2.05, 4.69) is 10.2 Å². The van der Waals surface area contributed by atoms with Gasteiger partial charge in [-0.1, -0.05) is 13.8 Å². The fourth-order valence-corrected chi connectivity index (χ4v) is 1.25. The SMILES string of the molecule is CC.Cc1[nH]nc2cc([N+](=O)[O-])ccc12. The standard InChI is InChI=1S/C8H7N3O2.C2H6/c1-5-7-3-2-6(11(12)13)4-8(7)10-9-5;1-2/h2-4H,1H3,(H,9,10);1-2H3. The van der Waals surface area contributed by atoms with E-state index in [1.807, 2.05) is 20.8 Å². The van der Waals surface area contributed by atoms with Crippen molar-refractivity contribution in [2.75, 3.05) is 0 Å². The fourth-order valence-electron chi connectivity index (χ4n) is 1.25. The predicted octanol–water partition coefficient (Wildman–Crippen LogP) is 2.81. The van der Waals surface area contributed by atoms with Gasteiger partial charge in [-0.05, 0) is 13.0 Å². The summed E-state index contributed by atoms with van der Waals surface area (Å²) in [6.45, 7) is 5.88. The lowest BCUT2D eigenvalue weighted by atomic mass is 10.2. The molecule has 2 aromatic rings. The van der Waals surface area contributed by atoms with Crippen molar-refractivity contribution in [3.8, 4) is 0 Å². The van der Waals surface area contributed by atoms with E-state index in [1.54, 1.807) is 6.07 Å². The van der Waals surface area contributed by atoms with Crippen molar-refractivity contribution >= 4 is 16.6 Å². The molecule has 5 heteroatoms. The molecule has 0 spiro atoms. The zero-order valence-corrected chi connectivity index (χ0v) is 8.94. The molecular formula is C10H13N3O2. The first kappa shape index (κ1) is 11.2. The van der Waals surface area contributed by atoms with Crippen LogP contribution < -0.4 is 0 Å². The molecule has 1 aromatic heterocycles. The van der Waals surface area contributed by atoms with E-state index in [0.29, 0.717) is 5.52 Å². The Labute approximate surface area is 87.3 Å². The number of benzene rings is 1. The van der Waals surface area contributed by atoms with Gasteiger partial charge in [0.25, 0.3) is 5.69 Å². The first-order valence-corrected chi connectivity index (χ1v) is 4.77. The molecule has 0 radical (unpaired) electrons. The van der Waals surface area contributed by atoms with Crippen LogP contribution in [0.25, 0.3) is 10.9 Å². The van der Waals surface area contributed by atoms with Crippen LogP contribution >= 0.6 is 0 Å². The van der Waals surface area contributed by atoms with Gasteiger partial charge in [-0.2, -0.15) is 5.10 Å². The number of rotatable bonds is 1. The molecule has 15 heavy (non-hydrogen) atoms. The van der Waals surface area contributed by atoms with Gasteiger partial charge in [0.15, 0.2) is 0 Å². The number of aryl methyl sites for hydroxylation is 1. The molecule has 0 aliphatic carbocycles. The highest BCUT2D eigenvalue weighted by Crippen LogP contribution is 2.20. The lowest BCUT2D eigenvalue weighted by Crippen LogP contribution is -1.86. The summed E-state index contributed by atoms with van der Waals surface area (Å²) >= 11 is 0. The van der Waals surface area contributed by atoms with Crippen LogP contribution in [0.5, 0.6) is 0 Å². The van der Waals surface area contributed by atoms with Crippen LogP contribution in [-0.2, 0) is 0 Å². The number of nitro benzene ring substituents is 1. The number of non-ortho nitro benzene ring substituents is 1. The Bertz CT molecular complexity index is 476. The largest absolute Gasteiger partial charge is 0.282 e. The molecule has 1 heterocycles. The van der Waals surface area contributed by atoms with E-state index in [0.717, 1.165) is 11.1 Å². The number of fused-ring (bicyclic) bond motifs is 1. The van der Waals surface area contributed by atoms with Gasteiger partial charge in [-0.3, -0.25) is 15.2 Å². The summed E-state index contributed by atoms with van der Waals surface area (Å²) in [5, 5.41) is 18.0. The highest BCUT2D eigenvalue weighted by atomic mass is 16.6. The summed E-state index contributed by atoms with van der Waals surface area (Å²) in [7, 11) is 0. The molecular weight excluding hydrogens is 194 g/mol. The van der Waals surface area contributed by atoms with Gasteiger partial charge in [0, 0.05) is 23.2 Å². The fraction of sp³-hybridized carbons (Fsp3) is 0.300. The number of hydrogen-bond acceptors (Lipinski definition) is 3. The summed E-state index contributed by atoms with van der Waals surface area (Å²) in [5.41, 5.74) is 1.62. The van der Waals surface area contributed by atoms with Crippen LogP contribution in [-0.4, -0.2) is 15.1 Å². The quantitative estimate of drug-likeness (QED) is 0.577. The smallest absolute Gasteiger partial charge is 0.271 e. The molecule has 0 saturated carbocycles. The summed E-state index contributed by atoms with van der Waals surface area (Å²) < 4.78 is 0. The minimum Gasteiger partial charge on any atom is -0.282 e. The Kier molecular flexibility index (Phi) is 3.38. The molecule has 5 nitrogen and oxygen atoms in total. The van der Waals surface area contributed by atoms with Gasteiger partial charge < -0.3 is 0 Å². The lowest BCUT2D eigenvalue weighted by molar-refractivity contribution is -0.384. The number of nitro groups is 1. The van der Waals surface area contributed by atoms with E-state index in [1.165, 1.54) is 12.1 Å². The normalized spacial score (nSPS) is 9.53. The maximum Gasteiger partial charge on any atom is 0.271 e. The molecule has 2 rings (SSSR count). The molecule has 1 aromatic carbocycles. The third-order valence-corrected chi connectivity index (χ3v) is 1.94. The van der Waals surface area contributed by atoms with E-state index < -0.39 is 4.92 Å². The first-order chi connectivity index (χ1) is 7.18. The van der Waals surface area contributed by atoms with Crippen molar-refractivity contribution in [1.82, 2.24) is 10.2 Å². The number of aromatic nitrogens is 2. The van der Waals surface area contributed by atoms with Crippen molar-refractivity contribution in [1.29, 1.82) is 0 Å². The van der Waals surface area contributed by atoms with Crippen molar-refractivity contribution < 1.29 is 4.92 Å². The molecule has 0 saturated heterocycles. The molecule has 0 fully saturated rings. The van der Waals surface area contributed by atoms with Crippen LogP contribution in [0.2, 0.25) is 0 Å². The minimum atomic E-state index is -0.427. The average molecular weight is 207 g/mol. The van der Waals surface area contributed by atoms with Crippen molar-refractivity contribution in [2.24, 2.45) is 0 Å². The maximum atomic E-state index is 10.4. The molecule has 0 unspecified atom stereocenters. The van der Waals surface area contributed by atoms with Crippen molar-refractivity contribution in [2.45, 2.75) is 20.8 Å². The summed E-state index contributed by atoms with van der Waals surface area (Å²) in [6, 6.07) is 4.63. The number of nitrogens with zero attached hydrogens (tertiary/aromatic N) is 2. The van der Waals surface area contributed by atoms with Crippen LogP contribution in [0.3, 0.4) is 0 Å². The van der Waals surface area contributed by atoms with E-state index in [-0.39, 0.29) is 5.69 Å². The van der Waals surface area contributed by atoms with Gasteiger partial charge >= 0.3 is 0 Å². The van der Waals surface area contributed by atoms with Crippen molar-refractivity contribution in [3.63, 3.8) is 0 Å². The lowest BCUT2D eigenvalue weighted by Gasteiger charge is -1.90. The molecule has 0 atom stereocenters. The highest BCUT2D eigenvalue weighted by molar-refractivity contribution is 5.83. The molecule has 1 N–H and O–H groups in total. The van der Waals surface area contributed by atoms with Crippen LogP contribution in [0.1, 0.15) is 19.5 Å². The second-order valence-corrected chi connectivity index (χ2v) is 2.81. The van der Waals surface area contributed by atoms with Crippen LogP contribution in [0.15, 0.2) is 18.2 Å². The zero-order valence-electron chi connectivity index (χ0n) is 8.94. The van der Waals surface area contributed by atoms with Gasteiger partial charge in [-0.25, -0.2) is 0 Å². The minimum absolute atomic E-state index is 0.0685. The third kappa shape index (κ3) is 2.12. The Morgan fingerprint density at radius 3 is 2.67 bits per heavy atom. The Balaban J connectivity index is 0.000000531. The number of H-pyrrole nitrogens is 1. The summed E-state index contributed by atoms with van der Waals surface area (Å²) in [6.07, 6.45) is 0. The molecule has 0 aliphatic rings. The monoisotopic (exact) mass is 207 g/mol. The van der Waals surface area contributed by atoms with E-state index in [4.69, 9.17) is 0 Å². The molecule has 0 bridgehead atoms. The van der Waals surface area contributed by atoms with E-state index in [9.17, 15) is 10.1 Å².